The molecule has 0 aromatic carbocycles. The molecule has 1 saturated heterocycles. The second-order valence-corrected chi connectivity index (χ2v) is 3.98. The van der Waals surface area contributed by atoms with Crippen molar-refractivity contribution in [3.05, 3.63) is 0 Å². The zero-order chi connectivity index (χ0) is 12.1. The van der Waals surface area contributed by atoms with Crippen LogP contribution >= 0.6 is 0 Å². The summed E-state index contributed by atoms with van der Waals surface area (Å²) in [5.41, 5.74) is 4.98. The van der Waals surface area contributed by atoms with Crippen LogP contribution in [-0.2, 0) is 14.4 Å². The first-order valence-electron chi connectivity index (χ1n) is 5.29. The van der Waals surface area contributed by atoms with Crippen LogP contribution in [0.15, 0.2) is 0 Å². The topological polar surface area (TPSA) is 101 Å². The van der Waals surface area contributed by atoms with Crippen molar-refractivity contribution < 1.29 is 19.5 Å². The Balaban J connectivity index is 2.40. The van der Waals surface area contributed by atoms with Gasteiger partial charge in [0.2, 0.25) is 11.8 Å². The van der Waals surface area contributed by atoms with Crippen molar-refractivity contribution in [3.63, 3.8) is 0 Å². The summed E-state index contributed by atoms with van der Waals surface area (Å²) >= 11 is 0. The van der Waals surface area contributed by atoms with Gasteiger partial charge in [-0.25, -0.2) is 0 Å². The van der Waals surface area contributed by atoms with Crippen LogP contribution in [0.4, 0.5) is 0 Å². The Labute approximate surface area is 93.4 Å². The lowest BCUT2D eigenvalue weighted by Gasteiger charge is -2.30. The second-order valence-electron chi connectivity index (χ2n) is 3.98. The van der Waals surface area contributed by atoms with Crippen LogP contribution in [0.1, 0.15) is 25.7 Å². The highest BCUT2D eigenvalue weighted by Gasteiger charge is 2.29. The van der Waals surface area contributed by atoms with E-state index in [0.29, 0.717) is 19.4 Å². The van der Waals surface area contributed by atoms with Gasteiger partial charge in [-0.1, -0.05) is 0 Å². The lowest BCUT2D eigenvalue weighted by atomic mass is 9.97. The summed E-state index contributed by atoms with van der Waals surface area (Å²) in [5.74, 6) is -1.79. The van der Waals surface area contributed by atoms with Gasteiger partial charge in [-0.05, 0) is 12.8 Å². The molecule has 1 aliphatic heterocycles. The molecule has 0 spiro atoms. The zero-order valence-electron chi connectivity index (χ0n) is 9.02. The van der Waals surface area contributed by atoms with Crippen LogP contribution in [0.25, 0.3) is 0 Å². The Morgan fingerprint density at radius 3 is 2.75 bits per heavy atom. The quantitative estimate of drug-likeness (QED) is 0.667. The molecular formula is C10H16N2O4. The minimum Gasteiger partial charge on any atom is -0.481 e. The number of piperidine rings is 1. The molecule has 3 N–H and O–H groups in total. The third-order valence-corrected chi connectivity index (χ3v) is 2.70. The predicted octanol–water partition coefficient (Wildman–Crippen LogP) is -0.425. The van der Waals surface area contributed by atoms with Gasteiger partial charge < -0.3 is 15.7 Å². The number of likely N-dealkylation sites (tertiary alicyclic amines) is 1. The van der Waals surface area contributed by atoms with Gasteiger partial charge in [0.25, 0.3) is 0 Å². The Morgan fingerprint density at radius 1 is 1.50 bits per heavy atom. The van der Waals surface area contributed by atoms with Gasteiger partial charge in [0.1, 0.15) is 0 Å². The second kappa shape index (κ2) is 5.48. The minimum atomic E-state index is -0.868. The molecule has 0 bridgehead atoms. The van der Waals surface area contributed by atoms with Gasteiger partial charge >= 0.3 is 5.97 Å². The molecular weight excluding hydrogens is 212 g/mol. The average Bonchev–Trinajstić information content (AvgIpc) is 2.20. The van der Waals surface area contributed by atoms with E-state index in [9.17, 15) is 14.4 Å². The number of nitrogens with two attached hydrogens (primary N) is 1. The molecule has 90 valence electrons. The SMILES string of the molecule is NC(=O)CCCN1CC(C(=O)O)CCC1=O. The van der Waals surface area contributed by atoms with Gasteiger partial charge in [0.15, 0.2) is 0 Å². The average molecular weight is 228 g/mol. The van der Waals surface area contributed by atoms with Crippen molar-refractivity contribution in [1.82, 2.24) is 4.90 Å². The van der Waals surface area contributed by atoms with Crippen LogP contribution in [0.2, 0.25) is 0 Å². The van der Waals surface area contributed by atoms with E-state index in [4.69, 9.17) is 10.8 Å². The molecule has 6 heteroatoms. The number of hydrogen-bond acceptors (Lipinski definition) is 3. The monoisotopic (exact) mass is 228 g/mol. The summed E-state index contributed by atoms with van der Waals surface area (Å²) in [6, 6.07) is 0. The number of carboxylic acids is 1. The summed E-state index contributed by atoms with van der Waals surface area (Å²) in [5, 5.41) is 8.84. The number of hydrogen-bond donors (Lipinski definition) is 2. The zero-order valence-corrected chi connectivity index (χ0v) is 9.02. The van der Waals surface area contributed by atoms with Crippen LogP contribution in [-0.4, -0.2) is 40.9 Å². The predicted molar refractivity (Wildman–Crippen MR) is 55.4 cm³/mol. The van der Waals surface area contributed by atoms with E-state index in [1.807, 2.05) is 0 Å². The van der Waals surface area contributed by atoms with E-state index in [1.165, 1.54) is 4.90 Å². The Hall–Kier alpha value is -1.59. The van der Waals surface area contributed by atoms with Crippen LogP contribution in [0.3, 0.4) is 0 Å². The number of nitrogens with zero attached hydrogens (tertiary/aromatic N) is 1. The number of carbonyl (C=O) groups is 3. The normalized spacial score (nSPS) is 20.9. The molecule has 1 unspecified atom stereocenters. The number of aliphatic carboxylic acids is 1. The third kappa shape index (κ3) is 3.52. The Kier molecular flexibility index (Phi) is 4.28. The fourth-order valence-corrected chi connectivity index (χ4v) is 1.78. The van der Waals surface area contributed by atoms with Crippen molar-refractivity contribution in [1.29, 1.82) is 0 Å². The standard InChI is InChI=1S/C10H16N2O4/c11-8(13)2-1-5-12-6-7(10(15)16)3-4-9(12)14/h7H,1-6H2,(H2,11,13)(H,15,16). The smallest absolute Gasteiger partial charge is 0.308 e. The molecule has 0 saturated carbocycles. The van der Waals surface area contributed by atoms with Crippen LogP contribution in [0, 0.1) is 5.92 Å². The van der Waals surface area contributed by atoms with E-state index < -0.39 is 17.8 Å². The van der Waals surface area contributed by atoms with E-state index >= 15 is 0 Å². The molecule has 1 fully saturated rings. The fourth-order valence-electron chi connectivity index (χ4n) is 1.78. The summed E-state index contributed by atoms with van der Waals surface area (Å²) in [7, 11) is 0. The summed E-state index contributed by atoms with van der Waals surface area (Å²) in [6.45, 7) is 0.651. The number of carbonyl (C=O) groups excluding carboxylic acids is 2. The van der Waals surface area contributed by atoms with Crippen molar-refractivity contribution in [2.45, 2.75) is 25.7 Å². The van der Waals surface area contributed by atoms with E-state index in [1.54, 1.807) is 0 Å². The molecule has 1 atom stereocenters. The highest BCUT2D eigenvalue weighted by Crippen LogP contribution is 2.18. The molecule has 0 aliphatic carbocycles. The molecule has 6 nitrogen and oxygen atoms in total. The molecule has 1 heterocycles. The molecule has 16 heavy (non-hydrogen) atoms. The lowest BCUT2D eigenvalue weighted by Crippen LogP contribution is -2.43. The van der Waals surface area contributed by atoms with Crippen molar-refractivity contribution >= 4 is 17.8 Å². The van der Waals surface area contributed by atoms with Crippen molar-refractivity contribution in [2.24, 2.45) is 11.7 Å². The van der Waals surface area contributed by atoms with E-state index in [0.717, 1.165) is 0 Å². The van der Waals surface area contributed by atoms with Crippen LogP contribution < -0.4 is 5.73 Å². The molecule has 0 aromatic heterocycles. The van der Waals surface area contributed by atoms with E-state index in [-0.39, 0.29) is 25.3 Å². The first kappa shape index (κ1) is 12.5. The van der Waals surface area contributed by atoms with E-state index in [2.05, 4.69) is 0 Å². The number of carboxylic acid groups (broad SMARTS) is 1. The van der Waals surface area contributed by atoms with Gasteiger partial charge in [0.05, 0.1) is 5.92 Å². The molecule has 1 aliphatic rings. The minimum absolute atomic E-state index is 0.0398. The van der Waals surface area contributed by atoms with Gasteiger partial charge in [-0.15, -0.1) is 0 Å². The lowest BCUT2D eigenvalue weighted by molar-refractivity contribution is -0.147. The largest absolute Gasteiger partial charge is 0.481 e. The first-order valence-corrected chi connectivity index (χ1v) is 5.29. The Bertz CT molecular complexity index is 303. The van der Waals surface area contributed by atoms with Gasteiger partial charge in [0, 0.05) is 25.9 Å². The maximum absolute atomic E-state index is 11.5. The molecule has 0 aromatic rings. The molecule has 1 rings (SSSR count). The van der Waals surface area contributed by atoms with Crippen LogP contribution in [0.5, 0.6) is 0 Å². The molecule has 0 radical (unpaired) electrons. The molecule has 2 amide bonds. The maximum Gasteiger partial charge on any atom is 0.308 e. The number of rotatable bonds is 5. The maximum atomic E-state index is 11.5. The fraction of sp³-hybridized carbons (Fsp3) is 0.700. The van der Waals surface area contributed by atoms with Gasteiger partial charge in [-0.2, -0.15) is 0 Å². The highest BCUT2D eigenvalue weighted by atomic mass is 16.4. The number of primary amides is 1. The highest BCUT2D eigenvalue weighted by molar-refractivity contribution is 5.80. The summed E-state index contributed by atoms with van der Waals surface area (Å²) in [6.07, 6.45) is 1.39. The number of amides is 2. The van der Waals surface area contributed by atoms with Gasteiger partial charge in [-0.3, -0.25) is 14.4 Å². The summed E-state index contributed by atoms with van der Waals surface area (Å²) in [4.78, 5) is 34.3. The van der Waals surface area contributed by atoms with Crippen molar-refractivity contribution in [3.8, 4) is 0 Å². The van der Waals surface area contributed by atoms with Crippen molar-refractivity contribution in [2.75, 3.05) is 13.1 Å². The summed E-state index contributed by atoms with van der Waals surface area (Å²) < 4.78 is 0. The Morgan fingerprint density at radius 2 is 2.19 bits per heavy atom. The first-order chi connectivity index (χ1) is 7.50. The third-order valence-electron chi connectivity index (χ3n) is 2.70.